The normalized spacial score (nSPS) is 10.9. The summed E-state index contributed by atoms with van der Waals surface area (Å²) in [6, 6.07) is 19.6. The molecule has 0 radical (unpaired) electrons. The number of rotatable bonds is 6. The van der Waals surface area contributed by atoms with Crippen LogP contribution in [0.3, 0.4) is 0 Å². The Morgan fingerprint density at radius 2 is 1.77 bits per heavy atom. The van der Waals surface area contributed by atoms with Gasteiger partial charge in [-0.1, -0.05) is 36.4 Å². The van der Waals surface area contributed by atoms with E-state index in [9.17, 15) is 4.79 Å². The van der Waals surface area contributed by atoms with E-state index in [4.69, 9.17) is 0 Å². The highest BCUT2D eigenvalue weighted by molar-refractivity contribution is 5.92. The molecule has 130 valence electrons. The molecule has 0 spiro atoms. The lowest BCUT2D eigenvalue weighted by Crippen LogP contribution is -2.28. The molecule has 4 rings (SSSR count). The van der Waals surface area contributed by atoms with Crippen LogP contribution in [-0.2, 0) is 13.0 Å². The second kappa shape index (κ2) is 7.23. The molecule has 3 heterocycles. The zero-order chi connectivity index (χ0) is 17.8. The summed E-state index contributed by atoms with van der Waals surface area (Å²) < 4.78 is 3.89. The van der Waals surface area contributed by atoms with Crippen LogP contribution in [0.1, 0.15) is 21.9 Å². The van der Waals surface area contributed by atoms with Crippen LogP contribution in [0.25, 0.3) is 5.65 Å². The van der Waals surface area contributed by atoms with E-state index in [0.29, 0.717) is 25.2 Å². The smallest absolute Gasteiger partial charge is 0.267 e. The van der Waals surface area contributed by atoms with Crippen molar-refractivity contribution in [1.29, 1.82) is 0 Å². The Morgan fingerprint density at radius 1 is 0.923 bits per heavy atom. The summed E-state index contributed by atoms with van der Waals surface area (Å²) >= 11 is 0. The molecule has 26 heavy (non-hydrogen) atoms. The Hall–Kier alpha value is -3.41. The number of carbonyl (C=O) groups is 1. The number of benzene rings is 1. The SMILES string of the molecule is O=C(NCCc1nnc2ccccn12)c1cccn1Cc1ccccc1. The molecule has 6 heteroatoms. The van der Waals surface area contributed by atoms with Gasteiger partial charge in [-0.05, 0) is 29.8 Å². The lowest BCUT2D eigenvalue weighted by molar-refractivity contribution is 0.0945. The van der Waals surface area contributed by atoms with Crippen molar-refractivity contribution < 1.29 is 4.79 Å². The predicted molar refractivity (Wildman–Crippen MR) is 99.0 cm³/mol. The maximum atomic E-state index is 12.5. The molecule has 6 nitrogen and oxygen atoms in total. The van der Waals surface area contributed by atoms with E-state index < -0.39 is 0 Å². The molecule has 0 saturated heterocycles. The average molecular weight is 345 g/mol. The van der Waals surface area contributed by atoms with Crippen molar-refractivity contribution in [2.24, 2.45) is 0 Å². The van der Waals surface area contributed by atoms with Gasteiger partial charge >= 0.3 is 0 Å². The zero-order valence-electron chi connectivity index (χ0n) is 14.2. The average Bonchev–Trinajstić information content (AvgIpc) is 3.30. The molecular formula is C20H19N5O. The second-order valence-corrected chi connectivity index (χ2v) is 6.06. The molecule has 0 bridgehead atoms. The number of hydrogen-bond acceptors (Lipinski definition) is 3. The molecule has 1 aromatic carbocycles. The van der Waals surface area contributed by atoms with E-state index in [1.807, 2.05) is 69.9 Å². The van der Waals surface area contributed by atoms with E-state index >= 15 is 0 Å². The highest BCUT2D eigenvalue weighted by Gasteiger charge is 2.11. The van der Waals surface area contributed by atoms with Crippen molar-refractivity contribution in [3.63, 3.8) is 0 Å². The summed E-state index contributed by atoms with van der Waals surface area (Å²) in [4.78, 5) is 12.5. The number of pyridine rings is 1. The quantitative estimate of drug-likeness (QED) is 0.584. The lowest BCUT2D eigenvalue weighted by Gasteiger charge is -2.10. The number of hydrogen-bond donors (Lipinski definition) is 1. The van der Waals surface area contributed by atoms with E-state index in [1.54, 1.807) is 0 Å². The molecule has 0 aliphatic rings. The van der Waals surface area contributed by atoms with Gasteiger partial charge in [-0.3, -0.25) is 9.20 Å². The third-order valence-electron chi connectivity index (χ3n) is 4.28. The molecule has 4 aromatic rings. The van der Waals surface area contributed by atoms with Crippen LogP contribution >= 0.6 is 0 Å². The van der Waals surface area contributed by atoms with Gasteiger partial charge in [0.2, 0.25) is 0 Å². The second-order valence-electron chi connectivity index (χ2n) is 6.06. The third-order valence-corrected chi connectivity index (χ3v) is 4.28. The molecule has 0 aliphatic carbocycles. The first-order valence-electron chi connectivity index (χ1n) is 8.57. The van der Waals surface area contributed by atoms with Gasteiger partial charge in [0, 0.05) is 31.9 Å². The fourth-order valence-electron chi connectivity index (χ4n) is 2.98. The maximum Gasteiger partial charge on any atom is 0.267 e. The molecule has 1 N–H and O–H groups in total. The van der Waals surface area contributed by atoms with E-state index in [0.717, 1.165) is 17.0 Å². The van der Waals surface area contributed by atoms with Gasteiger partial charge in [0.05, 0.1) is 0 Å². The first kappa shape index (κ1) is 16.1. The van der Waals surface area contributed by atoms with Gasteiger partial charge in [-0.15, -0.1) is 10.2 Å². The Morgan fingerprint density at radius 3 is 2.65 bits per heavy atom. The van der Waals surface area contributed by atoms with Crippen LogP contribution in [0.4, 0.5) is 0 Å². The number of carbonyl (C=O) groups excluding carboxylic acids is 1. The number of fused-ring (bicyclic) bond motifs is 1. The van der Waals surface area contributed by atoms with Crippen molar-refractivity contribution in [3.8, 4) is 0 Å². The van der Waals surface area contributed by atoms with Crippen LogP contribution in [0, 0.1) is 0 Å². The lowest BCUT2D eigenvalue weighted by atomic mass is 10.2. The first-order valence-corrected chi connectivity index (χ1v) is 8.57. The van der Waals surface area contributed by atoms with Crippen LogP contribution in [0.5, 0.6) is 0 Å². The molecule has 0 saturated carbocycles. The summed E-state index contributed by atoms with van der Waals surface area (Å²) in [7, 11) is 0. The maximum absolute atomic E-state index is 12.5. The molecule has 0 unspecified atom stereocenters. The number of nitrogens with one attached hydrogen (secondary N) is 1. The Balaban J connectivity index is 1.39. The molecule has 0 aliphatic heterocycles. The minimum absolute atomic E-state index is 0.0836. The van der Waals surface area contributed by atoms with Crippen molar-refractivity contribution in [2.75, 3.05) is 6.54 Å². The molecule has 3 aromatic heterocycles. The molecule has 0 atom stereocenters. The fourth-order valence-corrected chi connectivity index (χ4v) is 2.98. The highest BCUT2D eigenvalue weighted by atomic mass is 16.1. The summed E-state index contributed by atoms with van der Waals surface area (Å²) in [6.07, 6.45) is 4.47. The highest BCUT2D eigenvalue weighted by Crippen LogP contribution is 2.08. The zero-order valence-corrected chi connectivity index (χ0v) is 14.2. The molecule has 1 amide bonds. The van der Waals surface area contributed by atoms with Gasteiger partial charge in [0.1, 0.15) is 11.5 Å². The topological polar surface area (TPSA) is 64.2 Å². The third kappa shape index (κ3) is 3.35. The summed E-state index contributed by atoms with van der Waals surface area (Å²) in [5.74, 6) is 0.750. The van der Waals surface area contributed by atoms with E-state index in [-0.39, 0.29) is 5.91 Å². The van der Waals surface area contributed by atoms with E-state index in [2.05, 4.69) is 27.6 Å². The Labute approximate surface area is 151 Å². The minimum atomic E-state index is -0.0836. The van der Waals surface area contributed by atoms with Crippen LogP contribution in [0.15, 0.2) is 73.1 Å². The largest absolute Gasteiger partial charge is 0.350 e. The fraction of sp³-hybridized carbons (Fsp3) is 0.150. The standard InChI is InChI=1S/C20H19N5O/c26-20(17-9-6-13-24(17)15-16-7-2-1-3-8-16)21-12-11-19-23-22-18-10-4-5-14-25(18)19/h1-10,13-14H,11-12,15H2,(H,21,26). The van der Waals surface area contributed by atoms with Crippen molar-refractivity contribution in [2.45, 2.75) is 13.0 Å². The number of nitrogens with zero attached hydrogens (tertiary/aromatic N) is 4. The summed E-state index contributed by atoms with van der Waals surface area (Å²) in [5, 5.41) is 11.3. The number of aromatic nitrogens is 4. The van der Waals surface area contributed by atoms with Crippen LogP contribution in [0.2, 0.25) is 0 Å². The first-order chi connectivity index (χ1) is 12.8. The Kier molecular flexibility index (Phi) is 4.47. The van der Waals surface area contributed by atoms with E-state index in [1.165, 1.54) is 0 Å². The van der Waals surface area contributed by atoms with Gasteiger partial charge in [0.25, 0.3) is 5.91 Å². The number of amides is 1. The molecular weight excluding hydrogens is 326 g/mol. The van der Waals surface area contributed by atoms with Crippen molar-refractivity contribution in [3.05, 3.63) is 90.1 Å². The molecule has 0 fully saturated rings. The Bertz CT molecular complexity index is 1020. The van der Waals surface area contributed by atoms with Crippen LogP contribution < -0.4 is 5.32 Å². The summed E-state index contributed by atoms with van der Waals surface area (Å²) in [5.41, 5.74) is 2.62. The van der Waals surface area contributed by atoms with Crippen molar-refractivity contribution in [1.82, 2.24) is 24.5 Å². The van der Waals surface area contributed by atoms with Gasteiger partial charge < -0.3 is 9.88 Å². The predicted octanol–water partition coefficient (Wildman–Crippen LogP) is 2.55. The van der Waals surface area contributed by atoms with Gasteiger partial charge in [-0.25, -0.2) is 0 Å². The van der Waals surface area contributed by atoms with Gasteiger partial charge in [0.15, 0.2) is 5.65 Å². The minimum Gasteiger partial charge on any atom is -0.350 e. The van der Waals surface area contributed by atoms with Crippen molar-refractivity contribution >= 4 is 11.6 Å². The monoisotopic (exact) mass is 345 g/mol. The van der Waals surface area contributed by atoms with Gasteiger partial charge in [-0.2, -0.15) is 0 Å². The summed E-state index contributed by atoms with van der Waals surface area (Å²) in [6.45, 7) is 1.18. The van der Waals surface area contributed by atoms with Crippen LogP contribution in [-0.4, -0.2) is 31.6 Å².